The van der Waals surface area contributed by atoms with Gasteiger partial charge in [-0.1, -0.05) is 17.7 Å². The highest BCUT2D eigenvalue weighted by Crippen LogP contribution is 2.39. The number of nitrogens with zero attached hydrogens (tertiary/aromatic N) is 2. The molecule has 2 aromatic rings. The molecule has 0 spiro atoms. The Morgan fingerprint density at radius 1 is 1.44 bits per heavy atom. The molecular formula is C14H17N3O. The summed E-state index contributed by atoms with van der Waals surface area (Å²) < 4.78 is 8.02. The zero-order chi connectivity index (χ0) is 12.7. The molecule has 1 aromatic carbocycles. The summed E-state index contributed by atoms with van der Waals surface area (Å²) in [7, 11) is 1.97. The lowest BCUT2D eigenvalue weighted by molar-refractivity contribution is 0.154. The first kappa shape index (κ1) is 11.3. The van der Waals surface area contributed by atoms with E-state index >= 15 is 0 Å². The van der Waals surface area contributed by atoms with Crippen molar-refractivity contribution in [2.24, 2.45) is 12.8 Å². The molecule has 18 heavy (non-hydrogen) atoms. The van der Waals surface area contributed by atoms with Crippen molar-refractivity contribution < 1.29 is 4.74 Å². The van der Waals surface area contributed by atoms with Crippen molar-refractivity contribution in [3.05, 3.63) is 47.5 Å². The third-order valence-corrected chi connectivity index (χ3v) is 3.49. The van der Waals surface area contributed by atoms with Crippen LogP contribution in [-0.4, -0.2) is 9.55 Å². The van der Waals surface area contributed by atoms with Gasteiger partial charge in [-0.05, 0) is 13.0 Å². The third-order valence-electron chi connectivity index (χ3n) is 3.49. The van der Waals surface area contributed by atoms with Crippen LogP contribution in [0.1, 0.15) is 35.4 Å². The number of fused-ring (bicyclic) bond motifs is 1. The van der Waals surface area contributed by atoms with E-state index in [-0.39, 0.29) is 12.1 Å². The number of ether oxygens (including phenoxy) is 1. The van der Waals surface area contributed by atoms with Crippen LogP contribution in [0.4, 0.5) is 0 Å². The second-order valence-corrected chi connectivity index (χ2v) is 4.92. The Bertz CT molecular complexity index is 576. The number of rotatable bonds is 1. The highest BCUT2D eigenvalue weighted by Gasteiger charge is 2.28. The highest BCUT2D eigenvalue weighted by molar-refractivity contribution is 5.41. The van der Waals surface area contributed by atoms with Crippen LogP contribution < -0.4 is 10.5 Å². The first-order valence-electron chi connectivity index (χ1n) is 6.14. The number of imidazole rings is 1. The Morgan fingerprint density at radius 2 is 2.28 bits per heavy atom. The predicted molar refractivity (Wildman–Crippen MR) is 69.3 cm³/mol. The smallest absolute Gasteiger partial charge is 0.142 e. The van der Waals surface area contributed by atoms with Crippen molar-refractivity contribution in [3.8, 4) is 5.75 Å². The van der Waals surface area contributed by atoms with Crippen molar-refractivity contribution in [3.63, 3.8) is 0 Å². The van der Waals surface area contributed by atoms with Crippen LogP contribution >= 0.6 is 0 Å². The molecule has 2 atom stereocenters. The fourth-order valence-electron chi connectivity index (χ4n) is 2.48. The van der Waals surface area contributed by atoms with Crippen molar-refractivity contribution in [2.45, 2.75) is 25.5 Å². The molecule has 1 aliphatic rings. The van der Waals surface area contributed by atoms with E-state index in [2.05, 4.69) is 24.0 Å². The molecule has 4 nitrogen and oxygen atoms in total. The normalized spacial score (nSPS) is 22.4. The highest BCUT2D eigenvalue weighted by atomic mass is 16.5. The van der Waals surface area contributed by atoms with Crippen molar-refractivity contribution >= 4 is 0 Å². The van der Waals surface area contributed by atoms with Gasteiger partial charge in [-0.15, -0.1) is 0 Å². The summed E-state index contributed by atoms with van der Waals surface area (Å²) in [5.41, 5.74) is 9.64. The number of aryl methyl sites for hydroxylation is 2. The first-order chi connectivity index (χ1) is 8.65. The van der Waals surface area contributed by atoms with Crippen molar-refractivity contribution in [1.29, 1.82) is 0 Å². The van der Waals surface area contributed by atoms with Gasteiger partial charge in [0.15, 0.2) is 0 Å². The van der Waals surface area contributed by atoms with Crippen LogP contribution in [0.5, 0.6) is 5.75 Å². The fraction of sp³-hybridized carbons (Fsp3) is 0.357. The molecular weight excluding hydrogens is 226 g/mol. The van der Waals surface area contributed by atoms with Gasteiger partial charge in [-0.25, -0.2) is 4.98 Å². The summed E-state index contributed by atoms with van der Waals surface area (Å²) >= 11 is 0. The number of hydrogen-bond donors (Lipinski definition) is 1. The van der Waals surface area contributed by atoms with Crippen molar-refractivity contribution in [2.75, 3.05) is 0 Å². The molecule has 1 aliphatic heterocycles. The molecule has 1 aromatic heterocycles. The van der Waals surface area contributed by atoms with Gasteiger partial charge in [-0.2, -0.15) is 0 Å². The molecule has 3 rings (SSSR count). The third kappa shape index (κ3) is 1.78. The maximum absolute atomic E-state index is 6.25. The molecule has 2 heterocycles. The molecule has 94 valence electrons. The predicted octanol–water partition coefficient (Wildman–Crippen LogP) is 2.25. The minimum atomic E-state index is -0.0114. The van der Waals surface area contributed by atoms with Crippen LogP contribution in [0.25, 0.3) is 0 Å². The van der Waals surface area contributed by atoms with Gasteiger partial charge in [-0.3, -0.25) is 0 Å². The number of nitrogens with two attached hydrogens (primary N) is 1. The van der Waals surface area contributed by atoms with Crippen LogP contribution in [0.2, 0.25) is 0 Å². The Morgan fingerprint density at radius 3 is 3.00 bits per heavy atom. The van der Waals surface area contributed by atoms with E-state index in [1.807, 2.05) is 23.9 Å². The van der Waals surface area contributed by atoms with Crippen molar-refractivity contribution in [1.82, 2.24) is 9.55 Å². The largest absolute Gasteiger partial charge is 0.484 e. The van der Waals surface area contributed by atoms with Gasteiger partial charge >= 0.3 is 0 Å². The lowest BCUT2D eigenvalue weighted by atomic mass is 9.95. The van der Waals surface area contributed by atoms with Gasteiger partial charge in [0.2, 0.25) is 0 Å². The lowest BCUT2D eigenvalue weighted by Crippen LogP contribution is -2.25. The van der Waals surface area contributed by atoms with Gasteiger partial charge in [0.1, 0.15) is 11.9 Å². The average molecular weight is 243 g/mol. The Balaban J connectivity index is 1.97. The lowest BCUT2D eigenvalue weighted by Gasteiger charge is -2.30. The molecule has 1 unspecified atom stereocenters. The van der Waals surface area contributed by atoms with Gasteiger partial charge in [0.05, 0.1) is 18.2 Å². The minimum absolute atomic E-state index is 0.0114. The second-order valence-electron chi connectivity index (χ2n) is 4.92. The van der Waals surface area contributed by atoms with Crippen LogP contribution in [0, 0.1) is 6.92 Å². The monoisotopic (exact) mass is 243 g/mol. The summed E-state index contributed by atoms with van der Waals surface area (Å²) in [6.07, 6.45) is 4.41. The summed E-state index contributed by atoms with van der Waals surface area (Å²) in [5.74, 6) is 0.894. The molecule has 0 radical (unpaired) electrons. The second kappa shape index (κ2) is 4.14. The molecule has 0 amide bonds. The van der Waals surface area contributed by atoms with E-state index in [4.69, 9.17) is 10.5 Å². The molecule has 0 saturated carbocycles. The molecule has 2 N–H and O–H groups in total. The zero-order valence-electron chi connectivity index (χ0n) is 10.6. The molecule has 0 fully saturated rings. The summed E-state index contributed by atoms with van der Waals surface area (Å²) in [6.45, 7) is 2.07. The number of aromatic nitrogens is 2. The topological polar surface area (TPSA) is 53.1 Å². The van der Waals surface area contributed by atoms with Gasteiger partial charge < -0.3 is 15.0 Å². The van der Waals surface area contributed by atoms with Gasteiger partial charge in [0, 0.05) is 25.1 Å². The maximum Gasteiger partial charge on any atom is 0.142 e. The Labute approximate surface area is 106 Å². The fourth-order valence-corrected chi connectivity index (χ4v) is 2.48. The van der Waals surface area contributed by atoms with E-state index in [9.17, 15) is 0 Å². The Hall–Kier alpha value is -1.81. The Kier molecular flexibility index (Phi) is 2.59. The van der Waals surface area contributed by atoms with Gasteiger partial charge in [0.25, 0.3) is 0 Å². The summed E-state index contributed by atoms with van der Waals surface area (Å²) in [5, 5.41) is 0. The molecule has 0 saturated heterocycles. The minimum Gasteiger partial charge on any atom is -0.484 e. The van der Waals surface area contributed by atoms with Crippen LogP contribution in [-0.2, 0) is 7.05 Å². The summed E-state index contributed by atoms with van der Waals surface area (Å²) in [6, 6.07) is 6.19. The SMILES string of the molecule is Cc1ccc2c(c1)[C@@H](N)CC(c1cncn1C)O2. The molecule has 0 aliphatic carbocycles. The van der Waals surface area contributed by atoms with E-state index in [1.165, 1.54) is 5.56 Å². The number of benzene rings is 1. The first-order valence-corrected chi connectivity index (χ1v) is 6.14. The molecule has 0 bridgehead atoms. The van der Waals surface area contributed by atoms with E-state index < -0.39 is 0 Å². The van der Waals surface area contributed by atoms with Crippen LogP contribution in [0.3, 0.4) is 0 Å². The summed E-state index contributed by atoms with van der Waals surface area (Å²) in [4.78, 5) is 4.13. The quantitative estimate of drug-likeness (QED) is 0.835. The molecule has 4 heteroatoms. The maximum atomic E-state index is 6.25. The number of hydrogen-bond acceptors (Lipinski definition) is 3. The standard InChI is InChI=1S/C14H17N3O/c1-9-3-4-13-10(5-9)11(15)6-14(18-13)12-7-16-8-17(12)2/h3-5,7-8,11,14H,6,15H2,1-2H3/t11-,14?/m0/s1. The zero-order valence-corrected chi connectivity index (χ0v) is 10.6. The van der Waals surface area contributed by atoms with Crippen LogP contribution in [0.15, 0.2) is 30.7 Å². The van der Waals surface area contributed by atoms with E-state index in [1.54, 1.807) is 6.33 Å². The van der Waals surface area contributed by atoms with E-state index in [0.717, 1.165) is 23.4 Å². The van der Waals surface area contributed by atoms with E-state index in [0.29, 0.717) is 0 Å². The average Bonchev–Trinajstić information content (AvgIpc) is 2.76.